The fourth-order valence-electron chi connectivity index (χ4n) is 2.39. The maximum atomic E-state index is 12.9. The van der Waals surface area contributed by atoms with Gasteiger partial charge in [-0.05, 0) is 67.5 Å². The Balaban J connectivity index is 2.59. The van der Waals surface area contributed by atoms with Crippen molar-refractivity contribution in [2.24, 2.45) is 0 Å². The van der Waals surface area contributed by atoms with E-state index in [0.717, 1.165) is 25.8 Å². The van der Waals surface area contributed by atoms with Crippen LogP contribution in [-0.2, 0) is 9.47 Å². The van der Waals surface area contributed by atoms with Gasteiger partial charge in [0.1, 0.15) is 16.9 Å². The number of amides is 2. The third kappa shape index (κ3) is 5.65. The quantitative estimate of drug-likeness (QED) is 0.542. The van der Waals surface area contributed by atoms with Gasteiger partial charge in [0.05, 0.1) is 0 Å². The van der Waals surface area contributed by atoms with Crippen LogP contribution in [0.15, 0.2) is 33.7 Å². The molecule has 0 saturated carbocycles. The predicted octanol–water partition coefficient (Wildman–Crippen LogP) is 6.12. The molecule has 146 valence electrons. The van der Waals surface area contributed by atoms with E-state index in [4.69, 9.17) is 9.47 Å². The second-order valence-electron chi connectivity index (χ2n) is 8.43. The molecule has 0 aliphatic carbocycles. The molecule has 5 nitrogen and oxygen atoms in total. The van der Waals surface area contributed by atoms with Gasteiger partial charge in [-0.25, -0.2) is 9.59 Å². The Bertz CT molecular complexity index is 809. The Labute approximate surface area is 165 Å². The van der Waals surface area contributed by atoms with Gasteiger partial charge in [-0.15, -0.1) is 0 Å². The summed E-state index contributed by atoms with van der Waals surface area (Å²) < 4.78 is 11.0. The molecule has 2 rings (SSSR count). The molecule has 2 amide bonds. The van der Waals surface area contributed by atoms with Crippen LogP contribution in [0, 0.1) is 6.92 Å². The minimum atomic E-state index is -0.786. The van der Waals surface area contributed by atoms with Crippen molar-refractivity contribution in [3.8, 4) is 0 Å². The zero-order chi connectivity index (χ0) is 20.6. The zero-order valence-corrected chi connectivity index (χ0v) is 18.0. The van der Waals surface area contributed by atoms with Gasteiger partial charge < -0.3 is 9.47 Å². The second kappa shape index (κ2) is 7.45. The Morgan fingerprint density at radius 2 is 1.48 bits per heavy atom. The van der Waals surface area contributed by atoms with E-state index < -0.39 is 23.4 Å². The largest absolute Gasteiger partial charge is 0.443 e. The topological polar surface area (TPSA) is 55.8 Å². The predicted molar refractivity (Wildman–Crippen MR) is 107 cm³/mol. The number of aryl methyl sites for hydroxylation is 1. The molecule has 1 aromatic carbocycles. The number of nitrogens with zero attached hydrogens (tertiary/aromatic N) is 1. The van der Waals surface area contributed by atoms with Gasteiger partial charge >= 0.3 is 12.2 Å². The molecule has 0 bridgehead atoms. The molecular weight excluding hydrogens is 362 g/mol. The Morgan fingerprint density at radius 3 is 1.96 bits per heavy atom. The highest BCUT2D eigenvalue weighted by molar-refractivity contribution is 8.03. The number of thioether (sulfide) groups is 1. The highest BCUT2D eigenvalue weighted by Crippen LogP contribution is 2.39. The summed E-state index contributed by atoms with van der Waals surface area (Å²) in [4.78, 5) is 28.6. The number of hydrogen-bond acceptors (Lipinski definition) is 5. The number of carbonyl (C=O) groups excluding carboxylic acids is 2. The van der Waals surface area contributed by atoms with Gasteiger partial charge in [-0.3, -0.25) is 0 Å². The summed E-state index contributed by atoms with van der Waals surface area (Å²) in [7, 11) is 0. The second-order valence-corrected chi connectivity index (χ2v) is 9.68. The summed E-state index contributed by atoms with van der Waals surface area (Å²) in [6.07, 6.45) is -1.57. The highest BCUT2D eigenvalue weighted by atomic mass is 32.2. The Hall–Kier alpha value is -2.17. The first-order valence-corrected chi connectivity index (χ1v) is 9.61. The van der Waals surface area contributed by atoms with E-state index in [-0.39, 0.29) is 0 Å². The van der Waals surface area contributed by atoms with E-state index in [1.807, 2.05) is 32.0 Å². The van der Waals surface area contributed by atoms with E-state index in [1.165, 1.54) is 0 Å². The average molecular weight is 390 g/mol. The lowest BCUT2D eigenvalue weighted by molar-refractivity contribution is 0.0128. The van der Waals surface area contributed by atoms with Crippen LogP contribution in [0.1, 0.15) is 59.6 Å². The number of hydrogen-bond donors (Lipinski definition) is 0. The van der Waals surface area contributed by atoms with Crippen molar-refractivity contribution in [3.63, 3.8) is 0 Å². The fourth-order valence-corrected chi connectivity index (χ4v) is 3.27. The van der Waals surface area contributed by atoms with E-state index in [9.17, 15) is 9.59 Å². The number of fused-ring (bicyclic) bond motifs is 1. The molecule has 1 aromatic rings. The SMILES string of the molecule is CC1=C=C(N(C(=O)OC(C)(C)C)C(=O)OC(C)(C)C)c2cc(C)ccc2S1. The highest BCUT2D eigenvalue weighted by Gasteiger charge is 2.36. The standard InChI is InChI=1S/C21H27NO4S/c1-13-9-10-17-15(11-13)16(12-14(2)27-17)22(18(23)25-20(3,4)5)19(24)26-21(6,7)8/h9-11H,1-8H3. The lowest BCUT2D eigenvalue weighted by atomic mass is 10.1. The molecule has 0 fully saturated rings. The number of carbonyl (C=O) groups is 2. The van der Waals surface area contributed by atoms with Gasteiger partial charge in [0.15, 0.2) is 0 Å². The summed E-state index contributed by atoms with van der Waals surface area (Å²) >= 11 is 1.55. The summed E-state index contributed by atoms with van der Waals surface area (Å²) in [6, 6.07) is 5.90. The Morgan fingerprint density at radius 1 is 0.963 bits per heavy atom. The van der Waals surface area contributed by atoms with Gasteiger partial charge in [-0.2, -0.15) is 4.90 Å². The van der Waals surface area contributed by atoms with Crippen molar-refractivity contribution in [1.29, 1.82) is 0 Å². The van der Waals surface area contributed by atoms with Crippen LogP contribution in [0.25, 0.3) is 5.70 Å². The first kappa shape index (κ1) is 21.1. The number of ether oxygens (including phenoxy) is 2. The van der Waals surface area contributed by atoms with Crippen molar-refractivity contribution < 1.29 is 19.1 Å². The van der Waals surface area contributed by atoms with Crippen LogP contribution < -0.4 is 0 Å². The molecule has 0 N–H and O–H groups in total. The van der Waals surface area contributed by atoms with Crippen molar-refractivity contribution in [2.45, 2.75) is 71.5 Å². The van der Waals surface area contributed by atoms with E-state index >= 15 is 0 Å². The lowest BCUT2D eigenvalue weighted by Gasteiger charge is -2.30. The maximum absolute atomic E-state index is 12.9. The third-order valence-corrected chi connectivity index (χ3v) is 4.31. The molecule has 0 unspecified atom stereocenters. The molecule has 0 atom stereocenters. The van der Waals surface area contributed by atoms with Crippen molar-refractivity contribution in [1.82, 2.24) is 4.90 Å². The van der Waals surface area contributed by atoms with Crippen LogP contribution >= 0.6 is 11.8 Å². The fraction of sp³-hybridized carbons (Fsp3) is 0.476. The minimum Gasteiger partial charge on any atom is -0.443 e. The summed E-state index contributed by atoms with van der Waals surface area (Å²) in [5.41, 5.74) is 3.75. The summed E-state index contributed by atoms with van der Waals surface area (Å²) in [5, 5.41) is 0. The molecule has 27 heavy (non-hydrogen) atoms. The number of rotatable bonds is 1. The van der Waals surface area contributed by atoms with E-state index in [0.29, 0.717) is 5.70 Å². The lowest BCUT2D eigenvalue weighted by Crippen LogP contribution is -2.42. The molecule has 0 spiro atoms. The molecule has 1 aliphatic heterocycles. The number of imide groups is 1. The summed E-state index contributed by atoms with van der Waals surface area (Å²) in [6.45, 7) is 14.4. The molecule has 0 aromatic heterocycles. The smallest absolute Gasteiger partial charge is 0.425 e. The number of benzene rings is 1. The molecule has 0 radical (unpaired) electrons. The van der Waals surface area contributed by atoms with Gasteiger partial charge in [0.2, 0.25) is 0 Å². The van der Waals surface area contributed by atoms with Crippen LogP contribution in [-0.4, -0.2) is 28.3 Å². The van der Waals surface area contributed by atoms with Crippen LogP contribution in [0.3, 0.4) is 0 Å². The molecular formula is C21H27NO4S. The van der Waals surface area contributed by atoms with E-state index in [2.05, 4.69) is 5.73 Å². The zero-order valence-electron chi connectivity index (χ0n) is 17.2. The minimum absolute atomic E-state index is 0.341. The first-order chi connectivity index (χ1) is 12.3. The summed E-state index contributed by atoms with van der Waals surface area (Å²) in [5.74, 6) is 0. The van der Waals surface area contributed by atoms with Gasteiger partial charge in [0, 0.05) is 15.4 Å². The van der Waals surface area contributed by atoms with Crippen molar-refractivity contribution in [2.75, 3.05) is 0 Å². The van der Waals surface area contributed by atoms with Gasteiger partial charge in [-0.1, -0.05) is 29.1 Å². The third-order valence-electron chi connectivity index (χ3n) is 3.32. The molecule has 1 aliphatic rings. The maximum Gasteiger partial charge on any atom is 0.425 e. The van der Waals surface area contributed by atoms with Crippen molar-refractivity contribution >= 4 is 29.6 Å². The van der Waals surface area contributed by atoms with Crippen LogP contribution in [0.5, 0.6) is 0 Å². The van der Waals surface area contributed by atoms with Crippen molar-refractivity contribution in [3.05, 3.63) is 40.0 Å². The molecule has 0 saturated heterocycles. The van der Waals surface area contributed by atoms with E-state index in [1.54, 1.807) is 53.3 Å². The van der Waals surface area contributed by atoms with Crippen LogP contribution in [0.4, 0.5) is 9.59 Å². The average Bonchev–Trinajstić information content (AvgIpc) is 2.44. The van der Waals surface area contributed by atoms with Crippen LogP contribution in [0.2, 0.25) is 0 Å². The monoisotopic (exact) mass is 389 g/mol. The molecule has 1 heterocycles. The van der Waals surface area contributed by atoms with Gasteiger partial charge in [0.25, 0.3) is 0 Å². The Kier molecular flexibility index (Phi) is 5.83. The number of allylic oxidation sites excluding steroid dienone is 1. The molecule has 6 heteroatoms. The normalized spacial score (nSPS) is 13.9. The first-order valence-electron chi connectivity index (χ1n) is 8.79.